The Morgan fingerprint density at radius 1 is 1.18 bits per heavy atom. The molecule has 11 heavy (non-hydrogen) atoms. The predicted molar refractivity (Wildman–Crippen MR) is 52.3 cm³/mol. The molecule has 2 atom stereocenters. The Morgan fingerprint density at radius 3 is 2.18 bits per heavy atom. The molecule has 0 bridgehead atoms. The summed E-state index contributed by atoms with van der Waals surface area (Å²) in [6.07, 6.45) is 7.71. The van der Waals surface area contributed by atoms with Gasteiger partial charge in [0.15, 0.2) is 0 Å². The lowest BCUT2D eigenvalue weighted by Crippen LogP contribution is -2.19. The van der Waals surface area contributed by atoms with Crippen LogP contribution < -0.4 is 0 Å². The smallest absolute Gasteiger partial charge is 0.115 e. The standard InChI is InChI=1S/C9H20OS/c1-4-6-8-9(7-5-2)11(3)10/h9H,4-8H2,1-3H3. The van der Waals surface area contributed by atoms with Crippen LogP contribution >= 0.6 is 0 Å². The second-order valence-electron chi connectivity index (χ2n) is 3.05. The molecule has 1 nitrogen and oxygen atoms in total. The van der Waals surface area contributed by atoms with Gasteiger partial charge in [0.25, 0.3) is 0 Å². The van der Waals surface area contributed by atoms with Crippen molar-refractivity contribution < 1.29 is 4.55 Å². The van der Waals surface area contributed by atoms with Gasteiger partial charge in [-0.15, -0.1) is 0 Å². The maximum Gasteiger partial charge on any atom is 0.115 e. The molecule has 0 amide bonds. The zero-order valence-corrected chi connectivity index (χ0v) is 8.75. The van der Waals surface area contributed by atoms with Crippen LogP contribution in [-0.2, 0) is 11.2 Å². The topological polar surface area (TPSA) is 23.1 Å². The van der Waals surface area contributed by atoms with E-state index in [1.807, 2.05) is 6.26 Å². The van der Waals surface area contributed by atoms with Crippen LogP contribution in [0.25, 0.3) is 0 Å². The fourth-order valence-electron chi connectivity index (χ4n) is 1.23. The third-order valence-corrected chi connectivity index (χ3v) is 3.37. The summed E-state index contributed by atoms with van der Waals surface area (Å²) in [7, 11) is 0. The second-order valence-corrected chi connectivity index (χ2v) is 4.72. The van der Waals surface area contributed by atoms with Gasteiger partial charge in [0, 0.05) is 0 Å². The van der Waals surface area contributed by atoms with Crippen LogP contribution in [0, 0.1) is 0 Å². The fraction of sp³-hybridized carbons (Fsp3) is 1.00. The summed E-state index contributed by atoms with van der Waals surface area (Å²) in [5.41, 5.74) is 0. The van der Waals surface area contributed by atoms with Crippen molar-refractivity contribution in [1.82, 2.24) is 0 Å². The van der Waals surface area contributed by atoms with Gasteiger partial charge in [-0.3, -0.25) is 0 Å². The molecule has 0 aromatic heterocycles. The quantitative estimate of drug-likeness (QED) is 0.571. The van der Waals surface area contributed by atoms with Gasteiger partial charge in [-0.05, 0) is 19.3 Å². The van der Waals surface area contributed by atoms with Crippen molar-refractivity contribution in [1.29, 1.82) is 0 Å². The van der Waals surface area contributed by atoms with Crippen LogP contribution in [0.15, 0.2) is 0 Å². The second kappa shape index (κ2) is 6.99. The van der Waals surface area contributed by atoms with Crippen LogP contribution in [0.4, 0.5) is 0 Å². The summed E-state index contributed by atoms with van der Waals surface area (Å²) >= 11 is -0.605. The van der Waals surface area contributed by atoms with Gasteiger partial charge < -0.3 is 4.55 Å². The van der Waals surface area contributed by atoms with E-state index in [2.05, 4.69) is 13.8 Å². The molecule has 0 aliphatic carbocycles. The van der Waals surface area contributed by atoms with Gasteiger partial charge in [0.1, 0.15) is 5.25 Å². The van der Waals surface area contributed by atoms with Crippen LogP contribution in [0.1, 0.15) is 46.0 Å². The molecule has 0 saturated carbocycles. The lowest BCUT2D eigenvalue weighted by Gasteiger charge is -2.17. The van der Waals surface area contributed by atoms with Crippen LogP contribution in [-0.4, -0.2) is 16.1 Å². The molecular formula is C9H20OS. The van der Waals surface area contributed by atoms with E-state index >= 15 is 0 Å². The van der Waals surface area contributed by atoms with Gasteiger partial charge in [0.2, 0.25) is 0 Å². The third kappa shape index (κ3) is 5.57. The molecule has 0 aromatic carbocycles. The maximum absolute atomic E-state index is 11.2. The molecule has 68 valence electrons. The Balaban J connectivity index is 3.51. The van der Waals surface area contributed by atoms with E-state index in [0.717, 1.165) is 19.3 Å². The molecule has 0 rings (SSSR count). The van der Waals surface area contributed by atoms with Gasteiger partial charge in [-0.1, -0.05) is 37.9 Å². The van der Waals surface area contributed by atoms with Gasteiger partial charge in [-0.2, -0.15) is 0 Å². The van der Waals surface area contributed by atoms with E-state index in [9.17, 15) is 4.55 Å². The average molecular weight is 176 g/mol. The first-order valence-electron chi connectivity index (χ1n) is 4.54. The van der Waals surface area contributed by atoms with Gasteiger partial charge >= 0.3 is 0 Å². The highest BCUT2D eigenvalue weighted by Gasteiger charge is 2.15. The summed E-state index contributed by atoms with van der Waals surface area (Å²) in [5, 5.41) is 0.458. The van der Waals surface area contributed by atoms with Crippen LogP contribution in [0.3, 0.4) is 0 Å². The number of hydrogen-bond acceptors (Lipinski definition) is 1. The summed E-state index contributed by atoms with van der Waals surface area (Å²) in [4.78, 5) is 0. The largest absolute Gasteiger partial charge is 0.616 e. The average Bonchev–Trinajstić information content (AvgIpc) is 1.97. The van der Waals surface area contributed by atoms with E-state index in [0.29, 0.717) is 5.25 Å². The number of unbranched alkanes of at least 4 members (excludes halogenated alkanes) is 1. The molecule has 2 heteroatoms. The lowest BCUT2D eigenvalue weighted by molar-refractivity contribution is 0.552. The van der Waals surface area contributed by atoms with Crippen LogP contribution in [0.5, 0.6) is 0 Å². The molecule has 0 N–H and O–H groups in total. The predicted octanol–water partition coefficient (Wildman–Crippen LogP) is 2.72. The summed E-state index contributed by atoms with van der Waals surface area (Å²) in [6, 6.07) is 0. The van der Waals surface area contributed by atoms with E-state index in [-0.39, 0.29) is 0 Å². The highest BCUT2D eigenvalue weighted by atomic mass is 32.2. The van der Waals surface area contributed by atoms with Crippen molar-refractivity contribution in [3.8, 4) is 0 Å². The van der Waals surface area contributed by atoms with Crippen molar-refractivity contribution in [3.05, 3.63) is 0 Å². The Hall–Kier alpha value is 0.310. The molecule has 2 unspecified atom stereocenters. The molecule has 0 aliphatic heterocycles. The molecule has 0 fully saturated rings. The first kappa shape index (κ1) is 11.3. The molecule has 0 aliphatic rings. The van der Waals surface area contributed by atoms with Gasteiger partial charge in [0.05, 0.1) is 6.26 Å². The first-order valence-corrected chi connectivity index (χ1v) is 6.16. The first-order chi connectivity index (χ1) is 5.22. The number of rotatable bonds is 6. The Labute approximate surface area is 73.8 Å². The molecule has 0 radical (unpaired) electrons. The minimum Gasteiger partial charge on any atom is -0.616 e. The molecule has 0 saturated heterocycles. The van der Waals surface area contributed by atoms with E-state index in [4.69, 9.17) is 0 Å². The molecular weight excluding hydrogens is 156 g/mol. The highest BCUT2D eigenvalue weighted by molar-refractivity contribution is 7.91. The van der Waals surface area contributed by atoms with Gasteiger partial charge in [-0.25, -0.2) is 0 Å². The van der Waals surface area contributed by atoms with Crippen molar-refractivity contribution in [3.63, 3.8) is 0 Å². The fourth-order valence-corrected chi connectivity index (χ4v) is 2.30. The monoisotopic (exact) mass is 176 g/mol. The van der Waals surface area contributed by atoms with Crippen molar-refractivity contribution in [2.24, 2.45) is 0 Å². The van der Waals surface area contributed by atoms with E-state index in [1.165, 1.54) is 12.8 Å². The Bertz CT molecular complexity index is 83.6. The molecule has 0 spiro atoms. The third-order valence-electron chi connectivity index (χ3n) is 1.96. The van der Waals surface area contributed by atoms with Crippen molar-refractivity contribution >= 4 is 11.2 Å². The van der Waals surface area contributed by atoms with Crippen LogP contribution in [0.2, 0.25) is 0 Å². The zero-order chi connectivity index (χ0) is 8.69. The minimum atomic E-state index is -0.605. The normalized spacial score (nSPS) is 16.4. The summed E-state index contributed by atoms with van der Waals surface area (Å²) in [5.74, 6) is 0. The van der Waals surface area contributed by atoms with Crippen molar-refractivity contribution in [2.75, 3.05) is 6.26 Å². The maximum atomic E-state index is 11.2. The zero-order valence-electron chi connectivity index (χ0n) is 7.93. The summed E-state index contributed by atoms with van der Waals surface area (Å²) < 4.78 is 11.2. The molecule has 0 heterocycles. The van der Waals surface area contributed by atoms with E-state index in [1.54, 1.807) is 0 Å². The van der Waals surface area contributed by atoms with Crippen molar-refractivity contribution in [2.45, 2.75) is 51.2 Å². The minimum absolute atomic E-state index is 0.458. The Kier molecular flexibility index (Phi) is 7.18. The molecule has 0 aromatic rings. The Morgan fingerprint density at radius 2 is 1.82 bits per heavy atom. The number of hydrogen-bond donors (Lipinski definition) is 0. The lowest BCUT2D eigenvalue weighted by atomic mass is 10.1. The SMILES string of the molecule is CCCCC(CCC)[S+](C)[O-]. The summed E-state index contributed by atoms with van der Waals surface area (Å²) in [6.45, 7) is 4.34. The van der Waals surface area contributed by atoms with E-state index < -0.39 is 11.2 Å². The highest BCUT2D eigenvalue weighted by Crippen LogP contribution is 2.14.